The Morgan fingerprint density at radius 2 is 1.67 bits per heavy atom. The molecule has 1 amide bonds. The lowest BCUT2D eigenvalue weighted by atomic mass is 10.1. The molecule has 0 radical (unpaired) electrons. The first-order chi connectivity index (χ1) is 14.4. The number of nitrogens with zero attached hydrogens (tertiary/aromatic N) is 1. The van der Waals surface area contributed by atoms with E-state index in [2.05, 4.69) is 10.5 Å². The molecule has 0 heterocycles. The summed E-state index contributed by atoms with van der Waals surface area (Å²) in [6, 6.07) is 18.9. The highest BCUT2D eigenvalue weighted by molar-refractivity contribution is 6.42. The maximum atomic E-state index is 12.0. The minimum atomic E-state index is -0.160. The molecule has 0 aromatic heterocycles. The molecule has 3 aromatic rings. The second-order valence-corrected chi connectivity index (χ2v) is 7.79. The van der Waals surface area contributed by atoms with Gasteiger partial charge in [-0.05, 0) is 65.9 Å². The molecule has 0 bridgehead atoms. The predicted octanol–water partition coefficient (Wildman–Crippen LogP) is 5.88. The number of amides is 1. The third kappa shape index (κ3) is 6.09. The molecule has 0 fully saturated rings. The maximum absolute atomic E-state index is 12.0. The number of hydrogen-bond donors (Lipinski definition) is 1. The first kappa shape index (κ1) is 21.9. The van der Waals surface area contributed by atoms with Crippen LogP contribution in [0.5, 0.6) is 5.75 Å². The van der Waals surface area contributed by atoms with Crippen LogP contribution < -0.4 is 10.2 Å². The molecule has 0 aliphatic carbocycles. The minimum Gasteiger partial charge on any atom is -0.488 e. The van der Waals surface area contributed by atoms with Gasteiger partial charge in [0, 0.05) is 0 Å². The SMILES string of the molecule is Cc1cc(/C=N/NC(=O)Cc2ccccc2)cc(C)c1OCc1ccc(Cl)c(Cl)c1. The molecular formula is C24H22Cl2N2O2. The van der Waals surface area contributed by atoms with E-state index in [0.717, 1.165) is 33.6 Å². The van der Waals surface area contributed by atoms with Crippen LogP contribution in [0, 0.1) is 13.8 Å². The van der Waals surface area contributed by atoms with Crippen LogP contribution >= 0.6 is 23.2 Å². The van der Waals surface area contributed by atoms with Crippen molar-refractivity contribution in [3.8, 4) is 5.75 Å². The second kappa shape index (κ2) is 10.3. The molecule has 1 N–H and O–H groups in total. The van der Waals surface area contributed by atoms with Gasteiger partial charge in [0.05, 0.1) is 22.7 Å². The van der Waals surface area contributed by atoms with E-state index in [0.29, 0.717) is 16.7 Å². The molecule has 0 aliphatic rings. The summed E-state index contributed by atoms with van der Waals surface area (Å²) in [5.74, 6) is 0.652. The van der Waals surface area contributed by atoms with Crippen molar-refractivity contribution < 1.29 is 9.53 Å². The fourth-order valence-electron chi connectivity index (χ4n) is 3.07. The summed E-state index contributed by atoms with van der Waals surface area (Å²) in [6.07, 6.45) is 1.92. The lowest BCUT2D eigenvalue weighted by molar-refractivity contribution is -0.120. The summed E-state index contributed by atoms with van der Waals surface area (Å²) in [6.45, 7) is 4.34. The van der Waals surface area contributed by atoms with E-state index in [-0.39, 0.29) is 12.3 Å². The van der Waals surface area contributed by atoms with Crippen molar-refractivity contribution in [1.82, 2.24) is 5.43 Å². The lowest BCUT2D eigenvalue weighted by Crippen LogP contribution is -2.19. The molecule has 6 heteroatoms. The quantitative estimate of drug-likeness (QED) is 0.368. The van der Waals surface area contributed by atoms with Gasteiger partial charge in [-0.2, -0.15) is 5.10 Å². The van der Waals surface area contributed by atoms with Crippen molar-refractivity contribution in [3.63, 3.8) is 0 Å². The average molecular weight is 441 g/mol. The molecule has 154 valence electrons. The smallest absolute Gasteiger partial charge is 0.244 e. The molecule has 0 aliphatic heterocycles. The van der Waals surface area contributed by atoms with E-state index < -0.39 is 0 Å². The molecule has 0 atom stereocenters. The number of nitrogens with one attached hydrogen (secondary N) is 1. The molecule has 0 saturated carbocycles. The van der Waals surface area contributed by atoms with Gasteiger partial charge in [0.2, 0.25) is 5.91 Å². The molecule has 0 unspecified atom stereocenters. The van der Waals surface area contributed by atoms with E-state index in [1.165, 1.54) is 0 Å². The van der Waals surface area contributed by atoms with E-state index in [9.17, 15) is 4.79 Å². The lowest BCUT2D eigenvalue weighted by Gasteiger charge is -2.13. The summed E-state index contributed by atoms with van der Waals surface area (Å²) in [7, 11) is 0. The van der Waals surface area contributed by atoms with Gasteiger partial charge in [0.15, 0.2) is 0 Å². The van der Waals surface area contributed by atoms with Crippen LogP contribution in [0.2, 0.25) is 10.0 Å². The third-order valence-corrected chi connectivity index (χ3v) is 5.20. The number of carbonyl (C=O) groups is 1. The van der Waals surface area contributed by atoms with Crippen molar-refractivity contribution in [3.05, 3.63) is 98.5 Å². The van der Waals surface area contributed by atoms with Crippen molar-refractivity contribution in [1.29, 1.82) is 0 Å². The van der Waals surface area contributed by atoms with Crippen LogP contribution in [0.25, 0.3) is 0 Å². The van der Waals surface area contributed by atoms with Crippen LogP contribution in [0.3, 0.4) is 0 Å². The summed E-state index contributed by atoms with van der Waals surface area (Å²) in [5, 5.41) is 5.10. The van der Waals surface area contributed by atoms with Crippen molar-refractivity contribution in [2.45, 2.75) is 26.9 Å². The summed E-state index contributed by atoms with van der Waals surface area (Å²) in [4.78, 5) is 12.0. The van der Waals surface area contributed by atoms with E-state index in [1.807, 2.05) is 62.4 Å². The van der Waals surface area contributed by atoms with Crippen molar-refractivity contribution >= 4 is 35.3 Å². The first-order valence-electron chi connectivity index (χ1n) is 9.46. The highest BCUT2D eigenvalue weighted by atomic mass is 35.5. The van der Waals surface area contributed by atoms with Crippen LogP contribution in [0.4, 0.5) is 0 Å². The van der Waals surface area contributed by atoms with Gasteiger partial charge in [0.1, 0.15) is 12.4 Å². The molecule has 4 nitrogen and oxygen atoms in total. The van der Waals surface area contributed by atoms with Gasteiger partial charge < -0.3 is 4.74 Å². The Hall–Kier alpha value is -2.82. The highest BCUT2D eigenvalue weighted by Crippen LogP contribution is 2.27. The summed E-state index contributed by atoms with van der Waals surface area (Å²) in [5.41, 5.74) is 7.29. The Labute approximate surface area is 186 Å². The summed E-state index contributed by atoms with van der Waals surface area (Å²) >= 11 is 12.0. The van der Waals surface area contributed by atoms with Gasteiger partial charge >= 0.3 is 0 Å². The molecular weight excluding hydrogens is 419 g/mol. The zero-order chi connectivity index (χ0) is 21.5. The number of benzene rings is 3. The molecule has 0 spiro atoms. The third-order valence-electron chi connectivity index (χ3n) is 4.46. The molecule has 3 rings (SSSR count). The Balaban J connectivity index is 1.60. The minimum absolute atomic E-state index is 0.160. The van der Waals surface area contributed by atoms with Gasteiger partial charge in [0.25, 0.3) is 0 Å². The fourth-order valence-corrected chi connectivity index (χ4v) is 3.39. The zero-order valence-corrected chi connectivity index (χ0v) is 18.3. The summed E-state index contributed by atoms with van der Waals surface area (Å²) < 4.78 is 6.00. The van der Waals surface area contributed by atoms with Crippen molar-refractivity contribution in [2.24, 2.45) is 5.10 Å². The van der Waals surface area contributed by atoms with Gasteiger partial charge in [-0.1, -0.05) is 59.6 Å². The normalized spacial score (nSPS) is 10.9. The Kier molecular flexibility index (Phi) is 7.50. The largest absolute Gasteiger partial charge is 0.488 e. The van der Waals surface area contributed by atoms with Crippen molar-refractivity contribution in [2.75, 3.05) is 0 Å². The molecule has 3 aromatic carbocycles. The highest BCUT2D eigenvalue weighted by Gasteiger charge is 2.08. The molecule has 0 saturated heterocycles. The fraction of sp³-hybridized carbons (Fsp3) is 0.167. The number of rotatable bonds is 7. The zero-order valence-electron chi connectivity index (χ0n) is 16.8. The van der Waals surface area contributed by atoms with Crippen LogP contribution in [-0.4, -0.2) is 12.1 Å². The van der Waals surface area contributed by atoms with Crippen LogP contribution in [0.1, 0.15) is 27.8 Å². The number of ether oxygens (including phenoxy) is 1. The maximum Gasteiger partial charge on any atom is 0.244 e. The Morgan fingerprint density at radius 3 is 2.33 bits per heavy atom. The Morgan fingerprint density at radius 1 is 0.967 bits per heavy atom. The monoisotopic (exact) mass is 440 g/mol. The predicted molar refractivity (Wildman–Crippen MR) is 123 cm³/mol. The van der Waals surface area contributed by atoms with E-state index >= 15 is 0 Å². The average Bonchev–Trinajstić information content (AvgIpc) is 2.71. The van der Waals surface area contributed by atoms with Crippen LogP contribution in [0.15, 0.2) is 65.8 Å². The number of aryl methyl sites for hydroxylation is 2. The molecule has 30 heavy (non-hydrogen) atoms. The second-order valence-electron chi connectivity index (χ2n) is 6.98. The van der Waals surface area contributed by atoms with Gasteiger partial charge in [-0.15, -0.1) is 0 Å². The standard InChI is InChI=1S/C24H22Cl2N2O2/c1-16-10-20(14-27-28-23(29)13-18-6-4-3-5-7-18)11-17(2)24(16)30-15-19-8-9-21(25)22(26)12-19/h3-12,14H,13,15H2,1-2H3,(H,28,29)/b27-14+. The number of carbonyl (C=O) groups excluding carboxylic acids is 1. The van der Waals surface area contributed by atoms with Gasteiger partial charge in [-0.3, -0.25) is 4.79 Å². The Bertz CT molecular complexity index is 1040. The number of hydrogen-bond acceptors (Lipinski definition) is 3. The van der Waals surface area contributed by atoms with Crippen LogP contribution in [-0.2, 0) is 17.8 Å². The van der Waals surface area contributed by atoms with E-state index in [4.69, 9.17) is 27.9 Å². The first-order valence-corrected chi connectivity index (χ1v) is 10.2. The number of halogens is 2. The number of hydrazone groups is 1. The van der Waals surface area contributed by atoms with E-state index in [1.54, 1.807) is 18.3 Å². The topological polar surface area (TPSA) is 50.7 Å². The van der Waals surface area contributed by atoms with Gasteiger partial charge in [-0.25, -0.2) is 5.43 Å².